The van der Waals surface area contributed by atoms with Crippen LogP contribution in [0.4, 0.5) is 0 Å². The molecule has 4 aromatic rings. The highest BCUT2D eigenvalue weighted by atomic mass is 16.5. The molecule has 0 saturated heterocycles. The van der Waals surface area contributed by atoms with Gasteiger partial charge in [-0.2, -0.15) is 0 Å². The van der Waals surface area contributed by atoms with E-state index in [0.29, 0.717) is 23.0 Å². The maximum Gasteiger partial charge on any atom is 0.163 e. The van der Waals surface area contributed by atoms with Crippen LogP contribution < -0.4 is 18.9 Å². The number of hydrogen-bond acceptors (Lipinski definition) is 10. The Morgan fingerprint density at radius 3 is 1.32 bits per heavy atom. The topological polar surface area (TPSA) is 123 Å². The lowest BCUT2D eigenvalue weighted by Crippen LogP contribution is -2.07. The average molecular weight is 637 g/mol. The van der Waals surface area contributed by atoms with Crippen molar-refractivity contribution in [1.82, 2.24) is 19.9 Å². The van der Waals surface area contributed by atoms with Gasteiger partial charge < -0.3 is 18.9 Å². The van der Waals surface area contributed by atoms with Gasteiger partial charge in [-0.25, -0.2) is 0 Å². The molecule has 0 radical (unpaired) electrons. The van der Waals surface area contributed by atoms with Gasteiger partial charge in [0.25, 0.3) is 0 Å². The molecule has 0 amide bonds. The van der Waals surface area contributed by atoms with Crippen molar-refractivity contribution >= 4 is 23.7 Å². The third kappa shape index (κ3) is 9.32. The fourth-order valence-electron chi connectivity index (χ4n) is 4.57. The fourth-order valence-corrected chi connectivity index (χ4v) is 4.57. The Labute approximate surface area is 275 Å². The monoisotopic (exact) mass is 636 g/mol. The molecule has 0 spiro atoms. The molecule has 2 heterocycles. The van der Waals surface area contributed by atoms with E-state index in [2.05, 4.69) is 19.9 Å². The Morgan fingerprint density at radius 1 is 0.553 bits per heavy atom. The third-order valence-corrected chi connectivity index (χ3v) is 7.53. The van der Waals surface area contributed by atoms with Crippen molar-refractivity contribution in [2.75, 3.05) is 14.2 Å². The first kappa shape index (κ1) is 34.5. The summed E-state index contributed by atoms with van der Waals surface area (Å²) in [4.78, 5) is 43.2. The number of aryl methyl sites for hydroxylation is 6. The van der Waals surface area contributed by atoms with Gasteiger partial charge in [-0.05, 0) is 89.1 Å². The molecule has 0 atom stereocenters. The average Bonchev–Trinajstić information content (AvgIpc) is 3.05. The van der Waals surface area contributed by atoms with Crippen LogP contribution in [0.1, 0.15) is 63.1 Å². The van der Waals surface area contributed by atoms with Crippen molar-refractivity contribution in [2.45, 2.75) is 61.2 Å². The van der Waals surface area contributed by atoms with Crippen molar-refractivity contribution < 1.29 is 28.5 Å². The minimum absolute atomic E-state index is 0.243. The summed E-state index contributed by atoms with van der Waals surface area (Å²) in [5.74, 6) is 1.45. The van der Waals surface area contributed by atoms with Crippen LogP contribution in [0.2, 0.25) is 0 Å². The second-order valence-corrected chi connectivity index (χ2v) is 11.0. The van der Waals surface area contributed by atoms with Crippen LogP contribution >= 0.6 is 0 Å². The van der Waals surface area contributed by atoms with Crippen LogP contribution in [0.3, 0.4) is 0 Å². The minimum Gasteiger partial charge on any atom is -0.493 e. The molecule has 0 bridgehead atoms. The lowest BCUT2D eigenvalue weighted by atomic mass is 10.1. The standard InChI is InChI=1S/C37H40N4O6/c1-22-24(3)40-32(26(5)38-22)20-46-34-15-11-28(17-36(34)44-7)9-13-30(42)19-31(43)14-10-29-12-16-35(37(18-29)45-8)47-21-33-27(6)39-23(2)25(4)41-33/h9-18H,19-21H2,1-8H3. The summed E-state index contributed by atoms with van der Waals surface area (Å²) in [6.07, 6.45) is 5.77. The second-order valence-electron chi connectivity index (χ2n) is 11.0. The lowest BCUT2D eigenvalue weighted by molar-refractivity contribution is -0.121. The van der Waals surface area contributed by atoms with E-state index in [1.54, 1.807) is 62.8 Å². The smallest absolute Gasteiger partial charge is 0.163 e. The fraction of sp³-hybridized carbons (Fsp3) is 0.297. The summed E-state index contributed by atoms with van der Waals surface area (Å²) < 4.78 is 22.9. The summed E-state index contributed by atoms with van der Waals surface area (Å²) in [6, 6.07) is 10.7. The van der Waals surface area contributed by atoms with Crippen molar-refractivity contribution in [3.63, 3.8) is 0 Å². The summed E-state index contributed by atoms with van der Waals surface area (Å²) in [7, 11) is 3.09. The van der Waals surface area contributed by atoms with Crippen LogP contribution in [-0.4, -0.2) is 45.7 Å². The first-order valence-corrected chi connectivity index (χ1v) is 15.1. The molecular weight excluding hydrogens is 596 g/mol. The number of nitrogens with zero attached hydrogens (tertiary/aromatic N) is 4. The summed E-state index contributed by atoms with van der Waals surface area (Å²) in [5.41, 5.74) is 8.07. The van der Waals surface area contributed by atoms with Crippen LogP contribution in [0.25, 0.3) is 12.2 Å². The Morgan fingerprint density at radius 2 is 0.936 bits per heavy atom. The summed E-state index contributed by atoms with van der Waals surface area (Å²) >= 11 is 0. The normalized spacial score (nSPS) is 11.2. The number of aromatic nitrogens is 4. The van der Waals surface area contributed by atoms with Gasteiger partial charge in [0, 0.05) is 0 Å². The molecule has 0 N–H and O–H groups in total. The van der Waals surface area contributed by atoms with E-state index in [0.717, 1.165) is 56.7 Å². The predicted molar refractivity (Wildman–Crippen MR) is 180 cm³/mol. The van der Waals surface area contributed by atoms with Gasteiger partial charge in [-0.15, -0.1) is 0 Å². The van der Waals surface area contributed by atoms with Gasteiger partial charge >= 0.3 is 0 Å². The Hall–Kier alpha value is -5.38. The molecule has 0 aliphatic carbocycles. The largest absolute Gasteiger partial charge is 0.493 e. The Balaban J connectivity index is 1.32. The number of benzene rings is 2. The molecule has 0 aliphatic heterocycles. The molecule has 2 aromatic heterocycles. The highest BCUT2D eigenvalue weighted by molar-refractivity contribution is 6.10. The molecule has 0 unspecified atom stereocenters. The number of ether oxygens (including phenoxy) is 4. The number of carbonyl (C=O) groups excluding carboxylic acids is 2. The summed E-state index contributed by atoms with van der Waals surface area (Å²) in [6.45, 7) is 12.0. The van der Waals surface area contributed by atoms with Gasteiger partial charge in [0.05, 0.1) is 66.2 Å². The number of rotatable bonds is 14. The molecule has 0 fully saturated rings. The maximum atomic E-state index is 12.5. The number of methoxy groups -OCH3 is 2. The number of carbonyl (C=O) groups is 2. The Kier molecular flexibility index (Phi) is 11.6. The van der Waals surface area contributed by atoms with Crippen molar-refractivity contribution in [1.29, 1.82) is 0 Å². The van der Waals surface area contributed by atoms with Gasteiger partial charge in [-0.1, -0.05) is 24.3 Å². The van der Waals surface area contributed by atoms with Crippen molar-refractivity contribution in [2.24, 2.45) is 0 Å². The number of ketones is 2. The van der Waals surface area contributed by atoms with E-state index in [4.69, 9.17) is 18.9 Å². The van der Waals surface area contributed by atoms with E-state index >= 15 is 0 Å². The van der Waals surface area contributed by atoms with Gasteiger partial charge in [-0.3, -0.25) is 29.5 Å². The molecule has 0 aliphatic rings. The number of hydrogen-bond donors (Lipinski definition) is 0. The number of allylic oxidation sites excluding steroid dienone is 2. The zero-order valence-corrected chi connectivity index (χ0v) is 28.1. The highest BCUT2D eigenvalue weighted by Crippen LogP contribution is 2.31. The Bertz CT molecular complexity index is 1710. The van der Waals surface area contributed by atoms with Gasteiger partial charge in [0.1, 0.15) is 13.2 Å². The zero-order valence-electron chi connectivity index (χ0n) is 28.1. The SMILES string of the molecule is COc1cc(C=CC(=O)CC(=O)C=Cc2ccc(OCc3nc(C)c(C)nc3C)c(OC)c2)ccc1OCc1nc(C)c(C)nc1C. The van der Waals surface area contributed by atoms with E-state index in [9.17, 15) is 9.59 Å². The van der Waals surface area contributed by atoms with Gasteiger partial charge in [0.2, 0.25) is 0 Å². The van der Waals surface area contributed by atoms with E-state index in [-0.39, 0.29) is 31.2 Å². The van der Waals surface area contributed by atoms with E-state index in [1.165, 1.54) is 12.2 Å². The van der Waals surface area contributed by atoms with Crippen molar-refractivity contribution in [3.05, 3.63) is 105 Å². The maximum absolute atomic E-state index is 12.5. The van der Waals surface area contributed by atoms with E-state index in [1.807, 2.05) is 41.5 Å². The highest BCUT2D eigenvalue weighted by Gasteiger charge is 2.12. The zero-order chi connectivity index (χ0) is 34.1. The molecular formula is C37H40N4O6. The molecule has 47 heavy (non-hydrogen) atoms. The molecule has 2 aromatic carbocycles. The molecule has 10 heteroatoms. The third-order valence-electron chi connectivity index (χ3n) is 7.53. The minimum atomic E-state index is -0.325. The van der Waals surface area contributed by atoms with Crippen LogP contribution in [0.5, 0.6) is 23.0 Å². The molecule has 10 nitrogen and oxygen atoms in total. The van der Waals surface area contributed by atoms with Crippen LogP contribution in [0, 0.1) is 41.5 Å². The molecule has 4 rings (SSSR count). The van der Waals surface area contributed by atoms with Crippen molar-refractivity contribution in [3.8, 4) is 23.0 Å². The van der Waals surface area contributed by atoms with E-state index < -0.39 is 0 Å². The molecule has 0 saturated carbocycles. The summed E-state index contributed by atoms with van der Waals surface area (Å²) in [5, 5.41) is 0. The molecule has 244 valence electrons. The first-order valence-electron chi connectivity index (χ1n) is 15.1. The van der Waals surface area contributed by atoms with Crippen LogP contribution in [0.15, 0.2) is 48.6 Å². The predicted octanol–water partition coefficient (Wildman–Crippen LogP) is 6.55. The lowest BCUT2D eigenvalue weighted by Gasteiger charge is -2.13. The van der Waals surface area contributed by atoms with Crippen LogP contribution in [-0.2, 0) is 22.8 Å². The second kappa shape index (κ2) is 15.8. The quantitative estimate of drug-likeness (QED) is 0.111. The first-order chi connectivity index (χ1) is 22.5. The van der Waals surface area contributed by atoms with Gasteiger partial charge in [0.15, 0.2) is 34.6 Å².